The van der Waals surface area contributed by atoms with Crippen molar-refractivity contribution in [3.63, 3.8) is 0 Å². The molecule has 8 heteroatoms. The van der Waals surface area contributed by atoms with Gasteiger partial charge in [-0.05, 0) is 12.1 Å². The molecule has 0 saturated heterocycles. The predicted molar refractivity (Wildman–Crippen MR) is 94.4 cm³/mol. The van der Waals surface area contributed by atoms with Gasteiger partial charge >= 0.3 is 5.69 Å². The summed E-state index contributed by atoms with van der Waals surface area (Å²) < 4.78 is 28.2. The molecule has 0 spiro atoms. The van der Waals surface area contributed by atoms with E-state index >= 15 is 0 Å². The molecule has 1 heterocycles. The average molecular weight is 371 g/mol. The number of carbonyl (C=O) groups is 1. The van der Waals surface area contributed by atoms with Gasteiger partial charge in [-0.25, -0.2) is 13.6 Å². The van der Waals surface area contributed by atoms with Gasteiger partial charge in [0.2, 0.25) is 0 Å². The van der Waals surface area contributed by atoms with Crippen LogP contribution >= 0.6 is 0 Å². The van der Waals surface area contributed by atoms with Gasteiger partial charge < -0.3 is 10.3 Å². The summed E-state index contributed by atoms with van der Waals surface area (Å²) in [6, 6.07) is 11.6. The molecule has 1 amide bonds. The molecule has 0 fully saturated rings. The Morgan fingerprint density at radius 1 is 0.963 bits per heavy atom. The Balaban J connectivity index is 1.85. The maximum absolute atomic E-state index is 13.8. The Morgan fingerprint density at radius 3 is 2.19 bits per heavy atom. The van der Waals surface area contributed by atoms with Crippen LogP contribution in [0.5, 0.6) is 0 Å². The van der Waals surface area contributed by atoms with E-state index in [1.54, 1.807) is 12.1 Å². The van der Waals surface area contributed by atoms with Gasteiger partial charge in [0.15, 0.2) is 0 Å². The molecular formula is C19H15F2N3O3. The molecule has 3 aromatic rings. The minimum atomic E-state index is -0.868. The van der Waals surface area contributed by atoms with Crippen molar-refractivity contribution < 1.29 is 13.6 Å². The number of nitrogens with one attached hydrogen (secondary N) is 2. The van der Waals surface area contributed by atoms with Gasteiger partial charge in [-0.15, -0.1) is 0 Å². The molecule has 27 heavy (non-hydrogen) atoms. The molecule has 138 valence electrons. The number of carbonyl (C=O) groups excluding carboxylic acids is 1. The number of rotatable bonds is 5. The number of halogens is 2. The molecule has 3 rings (SSSR count). The number of H-pyrrole nitrogens is 1. The molecule has 2 aromatic carbocycles. The second-order valence-corrected chi connectivity index (χ2v) is 5.76. The van der Waals surface area contributed by atoms with Crippen LogP contribution in [-0.2, 0) is 13.1 Å². The zero-order valence-corrected chi connectivity index (χ0v) is 14.0. The molecule has 2 N–H and O–H groups in total. The van der Waals surface area contributed by atoms with Gasteiger partial charge in [-0.1, -0.05) is 36.4 Å². The molecule has 0 radical (unpaired) electrons. The summed E-state index contributed by atoms with van der Waals surface area (Å²) in [5, 5.41) is 2.43. The lowest BCUT2D eigenvalue weighted by atomic mass is 10.2. The van der Waals surface area contributed by atoms with Crippen molar-refractivity contribution in [3.05, 3.63) is 104 Å². The fraction of sp³-hybridized carbons (Fsp3) is 0.105. The first-order chi connectivity index (χ1) is 13.0. The summed E-state index contributed by atoms with van der Waals surface area (Å²) in [6.07, 6.45) is 0.985. The van der Waals surface area contributed by atoms with Crippen molar-refractivity contribution in [3.8, 4) is 0 Å². The number of benzene rings is 2. The molecule has 0 aliphatic rings. The molecule has 6 nitrogen and oxygen atoms in total. The van der Waals surface area contributed by atoms with E-state index in [1.807, 2.05) is 0 Å². The Kier molecular flexibility index (Phi) is 5.25. The van der Waals surface area contributed by atoms with E-state index in [9.17, 15) is 23.2 Å². The minimum Gasteiger partial charge on any atom is -0.348 e. The van der Waals surface area contributed by atoms with Crippen LogP contribution in [-0.4, -0.2) is 15.5 Å². The molecular weight excluding hydrogens is 356 g/mol. The third-order valence-corrected chi connectivity index (χ3v) is 3.99. The van der Waals surface area contributed by atoms with Crippen LogP contribution in [0.15, 0.2) is 64.3 Å². The fourth-order valence-corrected chi connectivity index (χ4v) is 2.53. The summed E-state index contributed by atoms with van der Waals surface area (Å²) in [7, 11) is 0. The Bertz CT molecular complexity index is 1110. The summed E-state index contributed by atoms with van der Waals surface area (Å²) in [4.78, 5) is 39.0. The highest BCUT2D eigenvalue weighted by Crippen LogP contribution is 2.07. The number of hydrogen-bond acceptors (Lipinski definition) is 3. The van der Waals surface area contributed by atoms with E-state index in [4.69, 9.17) is 0 Å². The second-order valence-electron chi connectivity index (χ2n) is 5.76. The predicted octanol–water partition coefficient (Wildman–Crippen LogP) is 1.79. The number of nitrogens with zero attached hydrogens (tertiary/aromatic N) is 1. The number of hydrogen-bond donors (Lipinski definition) is 2. The SMILES string of the molecule is O=C(NCc1ccccc1F)c1c[nH]c(=O)n(Cc2ccccc2F)c1=O. The lowest BCUT2D eigenvalue weighted by Gasteiger charge is -2.09. The minimum absolute atomic E-state index is 0.128. The van der Waals surface area contributed by atoms with E-state index in [1.165, 1.54) is 36.4 Å². The van der Waals surface area contributed by atoms with Crippen molar-refractivity contribution in [1.82, 2.24) is 14.9 Å². The first kappa shape index (κ1) is 18.2. The van der Waals surface area contributed by atoms with Crippen LogP contribution in [0, 0.1) is 11.6 Å². The zero-order chi connectivity index (χ0) is 19.4. The highest BCUT2D eigenvalue weighted by atomic mass is 19.1. The van der Waals surface area contributed by atoms with Crippen LogP contribution in [0.3, 0.4) is 0 Å². The van der Waals surface area contributed by atoms with Gasteiger partial charge in [0.05, 0.1) is 6.54 Å². The van der Waals surface area contributed by atoms with Crippen molar-refractivity contribution in [2.45, 2.75) is 13.1 Å². The first-order valence-corrected chi connectivity index (χ1v) is 8.05. The molecule has 0 atom stereocenters. The number of aromatic amines is 1. The molecule has 0 aliphatic carbocycles. The normalized spacial score (nSPS) is 10.6. The van der Waals surface area contributed by atoms with Crippen molar-refractivity contribution >= 4 is 5.91 Å². The third-order valence-electron chi connectivity index (χ3n) is 3.99. The number of amides is 1. The Morgan fingerprint density at radius 2 is 1.56 bits per heavy atom. The lowest BCUT2D eigenvalue weighted by molar-refractivity contribution is 0.0948. The maximum atomic E-state index is 13.8. The Labute approximate surface area is 152 Å². The molecule has 0 aliphatic heterocycles. The van der Waals surface area contributed by atoms with Crippen LogP contribution in [0.4, 0.5) is 8.78 Å². The van der Waals surface area contributed by atoms with Crippen molar-refractivity contribution in [1.29, 1.82) is 0 Å². The van der Waals surface area contributed by atoms with Crippen LogP contribution < -0.4 is 16.6 Å². The highest BCUT2D eigenvalue weighted by Gasteiger charge is 2.16. The average Bonchev–Trinajstić information content (AvgIpc) is 2.65. The fourth-order valence-electron chi connectivity index (χ4n) is 2.53. The third kappa shape index (κ3) is 4.00. The molecule has 0 unspecified atom stereocenters. The summed E-state index contributed by atoms with van der Waals surface area (Å²) in [6.45, 7) is -0.452. The first-order valence-electron chi connectivity index (χ1n) is 8.05. The van der Waals surface area contributed by atoms with Gasteiger partial charge in [-0.3, -0.25) is 14.2 Å². The van der Waals surface area contributed by atoms with Crippen molar-refractivity contribution in [2.75, 3.05) is 0 Å². The molecule has 0 saturated carbocycles. The van der Waals surface area contributed by atoms with E-state index in [2.05, 4.69) is 10.3 Å². The zero-order valence-electron chi connectivity index (χ0n) is 14.0. The number of aromatic nitrogens is 2. The van der Waals surface area contributed by atoms with Gasteiger partial charge in [0, 0.05) is 23.9 Å². The lowest BCUT2D eigenvalue weighted by Crippen LogP contribution is -2.40. The van der Waals surface area contributed by atoms with Gasteiger partial charge in [-0.2, -0.15) is 0 Å². The smallest absolute Gasteiger partial charge is 0.328 e. The highest BCUT2D eigenvalue weighted by molar-refractivity contribution is 5.93. The van der Waals surface area contributed by atoms with E-state index in [-0.39, 0.29) is 29.8 Å². The molecule has 0 bridgehead atoms. The molecule has 1 aromatic heterocycles. The van der Waals surface area contributed by atoms with Gasteiger partial charge in [0.1, 0.15) is 17.2 Å². The maximum Gasteiger partial charge on any atom is 0.328 e. The Hall–Kier alpha value is -3.55. The van der Waals surface area contributed by atoms with Crippen LogP contribution in [0.2, 0.25) is 0 Å². The van der Waals surface area contributed by atoms with Crippen LogP contribution in [0.25, 0.3) is 0 Å². The van der Waals surface area contributed by atoms with E-state index in [0.29, 0.717) is 0 Å². The topological polar surface area (TPSA) is 84.0 Å². The van der Waals surface area contributed by atoms with Crippen LogP contribution in [0.1, 0.15) is 21.5 Å². The van der Waals surface area contributed by atoms with E-state index < -0.39 is 28.8 Å². The monoisotopic (exact) mass is 371 g/mol. The standard InChI is InChI=1S/C19H15F2N3O3/c20-15-7-3-1-5-12(15)9-22-17(25)14-10-23-19(27)24(18(14)26)11-13-6-2-4-8-16(13)21/h1-8,10H,9,11H2,(H,22,25)(H,23,27). The van der Waals surface area contributed by atoms with E-state index in [0.717, 1.165) is 10.8 Å². The summed E-state index contributed by atoms with van der Waals surface area (Å²) in [5.74, 6) is -1.84. The quantitative estimate of drug-likeness (QED) is 0.717. The van der Waals surface area contributed by atoms with Crippen molar-refractivity contribution in [2.24, 2.45) is 0 Å². The second kappa shape index (κ2) is 7.77. The van der Waals surface area contributed by atoms with Gasteiger partial charge in [0.25, 0.3) is 11.5 Å². The largest absolute Gasteiger partial charge is 0.348 e. The summed E-state index contributed by atoms with van der Waals surface area (Å²) in [5.41, 5.74) is -1.58. The summed E-state index contributed by atoms with van der Waals surface area (Å²) >= 11 is 0.